The van der Waals surface area contributed by atoms with Crippen molar-refractivity contribution in [3.63, 3.8) is 0 Å². The molecule has 1 heterocycles. The van der Waals surface area contributed by atoms with Crippen molar-refractivity contribution in [3.05, 3.63) is 62.6 Å². The Morgan fingerprint density at radius 3 is 2.43 bits per heavy atom. The average molecular weight is 449 g/mol. The molecule has 5 nitrogen and oxygen atoms in total. The summed E-state index contributed by atoms with van der Waals surface area (Å²) in [6, 6.07) is 8.93. The molecule has 1 N–H and O–H groups in total. The van der Waals surface area contributed by atoms with Crippen molar-refractivity contribution in [1.82, 2.24) is 10.2 Å². The maximum atomic E-state index is 12.7. The minimum absolute atomic E-state index is 0.0136. The van der Waals surface area contributed by atoms with E-state index in [4.69, 9.17) is 27.9 Å². The van der Waals surface area contributed by atoms with E-state index in [0.29, 0.717) is 41.5 Å². The van der Waals surface area contributed by atoms with E-state index in [1.807, 2.05) is 32.9 Å². The molecule has 0 aromatic heterocycles. The third-order valence-corrected chi connectivity index (χ3v) is 6.09. The van der Waals surface area contributed by atoms with Gasteiger partial charge in [0.1, 0.15) is 5.75 Å². The van der Waals surface area contributed by atoms with E-state index in [2.05, 4.69) is 5.32 Å². The number of piperidine rings is 1. The lowest BCUT2D eigenvalue weighted by atomic mass is 10.0. The highest BCUT2D eigenvalue weighted by Crippen LogP contribution is 2.26. The number of ether oxygens (including phenoxy) is 1. The standard InChI is InChI=1S/C23H26Cl2N2O3/c1-14-4-5-15(2)22(16(14)3)30-13-21(28)26-18-8-10-27(11-9-18)23(29)19-12-17(24)6-7-20(19)25/h4-7,12,18H,8-11,13H2,1-3H3,(H,26,28). The lowest BCUT2D eigenvalue weighted by molar-refractivity contribution is -0.124. The lowest BCUT2D eigenvalue weighted by Crippen LogP contribution is -2.47. The Morgan fingerprint density at radius 2 is 1.73 bits per heavy atom. The van der Waals surface area contributed by atoms with Crippen LogP contribution < -0.4 is 10.1 Å². The average Bonchev–Trinajstić information content (AvgIpc) is 2.72. The van der Waals surface area contributed by atoms with Gasteiger partial charge in [-0.2, -0.15) is 0 Å². The summed E-state index contributed by atoms with van der Waals surface area (Å²) in [4.78, 5) is 26.8. The summed E-state index contributed by atoms with van der Waals surface area (Å²) < 4.78 is 5.79. The monoisotopic (exact) mass is 448 g/mol. The second-order valence-electron chi connectivity index (χ2n) is 7.70. The Hall–Kier alpha value is -2.24. The number of halogens is 2. The highest BCUT2D eigenvalue weighted by molar-refractivity contribution is 6.35. The zero-order valence-electron chi connectivity index (χ0n) is 17.4. The Kier molecular flexibility index (Phi) is 7.27. The van der Waals surface area contributed by atoms with Crippen LogP contribution in [0.15, 0.2) is 30.3 Å². The van der Waals surface area contributed by atoms with Gasteiger partial charge in [-0.25, -0.2) is 0 Å². The van der Waals surface area contributed by atoms with Crippen LogP contribution in [0.1, 0.15) is 39.9 Å². The molecular formula is C23H26Cl2N2O3. The minimum atomic E-state index is -0.155. The van der Waals surface area contributed by atoms with Crippen molar-refractivity contribution in [2.75, 3.05) is 19.7 Å². The van der Waals surface area contributed by atoms with Crippen LogP contribution >= 0.6 is 23.2 Å². The van der Waals surface area contributed by atoms with Crippen LogP contribution in [0.3, 0.4) is 0 Å². The Balaban J connectivity index is 1.50. The van der Waals surface area contributed by atoms with E-state index >= 15 is 0 Å². The first kappa shape index (κ1) is 22.4. The van der Waals surface area contributed by atoms with Crippen molar-refractivity contribution in [1.29, 1.82) is 0 Å². The van der Waals surface area contributed by atoms with Gasteiger partial charge >= 0.3 is 0 Å². The number of nitrogens with one attached hydrogen (secondary N) is 1. The van der Waals surface area contributed by atoms with Crippen LogP contribution in [-0.2, 0) is 4.79 Å². The molecule has 3 rings (SSSR count). The molecule has 1 aliphatic heterocycles. The van der Waals surface area contributed by atoms with Crippen LogP contribution in [0, 0.1) is 20.8 Å². The van der Waals surface area contributed by atoms with E-state index < -0.39 is 0 Å². The van der Waals surface area contributed by atoms with Gasteiger partial charge in [0, 0.05) is 24.2 Å². The Labute approximate surface area is 187 Å². The van der Waals surface area contributed by atoms with Gasteiger partial charge in [0.05, 0.1) is 10.6 Å². The first-order valence-electron chi connectivity index (χ1n) is 9.99. The molecule has 0 saturated carbocycles. The fourth-order valence-electron chi connectivity index (χ4n) is 3.61. The predicted octanol–water partition coefficient (Wildman–Crippen LogP) is 4.72. The zero-order valence-corrected chi connectivity index (χ0v) is 18.9. The number of rotatable bonds is 5. The minimum Gasteiger partial charge on any atom is -0.483 e. The summed E-state index contributed by atoms with van der Waals surface area (Å²) in [5, 5.41) is 3.88. The van der Waals surface area contributed by atoms with Crippen molar-refractivity contribution in [3.8, 4) is 5.75 Å². The van der Waals surface area contributed by atoms with Crippen molar-refractivity contribution < 1.29 is 14.3 Å². The number of aryl methyl sites for hydroxylation is 2. The number of carbonyl (C=O) groups is 2. The van der Waals surface area contributed by atoms with Crippen LogP contribution in [0.25, 0.3) is 0 Å². The zero-order chi connectivity index (χ0) is 21.8. The number of hydrogen-bond acceptors (Lipinski definition) is 3. The molecule has 0 radical (unpaired) electrons. The van der Waals surface area contributed by atoms with Crippen molar-refractivity contribution in [2.24, 2.45) is 0 Å². The molecule has 0 unspecified atom stereocenters. The van der Waals surface area contributed by atoms with Gasteiger partial charge in [0.2, 0.25) is 0 Å². The summed E-state index contributed by atoms with van der Waals surface area (Å²) in [6.07, 6.45) is 1.36. The van der Waals surface area contributed by atoms with Crippen molar-refractivity contribution >= 4 is 35.0 Å². The van der Waals surface area contributed by atoms with Crippen molar-refractivity contribution in [2.45, 2.75) is 39.7 Å². The second kappa shape index (κ2) is 9.71. The van der Waals surface area contributed by atoms with Crippen LogP contribution in [0.2, 0.25) is 10.0 Å². The number of likely N-dealkylation sites (tertiary alicyclic amines) is 1. The highest BCUT2D eigenvalue weighted by Gasteiger charge is 2.26. The molecule has 2 aromatic rings. The fourth-order valence-corrected chi connectivity index (χ4v) is 3.98. The molecule has 1 saturated heterocycles. The van der Waals surface area contributed by atoms with E-state index in [0.717, 1.165) is 22.4 Å². The maximum Gasteiger partial charge on any atom is 0.258 e. The van der Waals surface area contributed by atoms with Gasteiger partial charge in [-0.15, -0.1) is 0 Å². The van der Waals surface area contributed by atoms with Gasteiger partial charge in [0.25, 0.3) is 11.8 Å². The number of nitrogens with zero attached hydrogens (tertiary/aromatic N) is 1. The lowest BCUT2D eigenvalue weighted by Gasteiger charge is -2.32. The summed E-state index contributed by atoms with van der Waals surface area (Å²) in [7, 11) is 0. The molecule has 7 heteroatoms. The normalized spacial score (nSPS) is 14.5. The highest BCUT2D eigenvalue weighted by atomic mass is 35.5. The van der Waals surface area contributed by atoms with Crippen LogP contribution in [0.5, 0.6) is 5.75 Å². The third kappa shape index (κ3) is 5.27. The largest absolute Gasteiger partial charge is 0.483 e. The molecule has 1 aliphatic rings. The topological polar surface area (TPSA) is 58.6 Å². The first-order chi connectivity index (χ1) is 14.3. The number of hydrogen-bond donors (Lipinski definition) is 1. The quantitative estimate of drug-likeness (QED) is 0.719. The van der Waals surface area contributed by atoms with Gasteiger partial charge in [-0.1, -0.05) is 35.3 Å². The molecule has 0 bridgehead atoms. The van der Waals surface area contributed by atoms with E-state index in [-0.39, 0.29) is 24.5 Å². The molecule has 2 aromatic carbocycles. The van der Waals surface area contributed by atoms with Gasteiger partial charge in [-0.3, -0.25) is 9.59 Å². The summed E-state index contributed by atoms with van der Waals surface area (Å²) in [6.45, 7) is 7.05. The molecule has 1 fully saturated rings. The molecule has 0 atom stereocenters. The molecular weight excluding hydrogens is 423 g/mol. The molecule has 0 spiro atoms. The van der Waals surface area contributed by atoms with Gasteiger partial charge in [0.15, 0.2) is 6.61 Å². The fraction of sp³-hybridized carbons (Fsp3) is 0.391. The van der Waals surface area contributed by atoms with Crippen LogP contribution in [-0.4, -0.2) is 42.5 Å². The molecule has 30 heavy (non-hydrogen) atoms. The Morgan fingerprint density at radius 1 is 1.07 bits per heavy atom. The first-order valence-corrected chi connectivity index (χ1v) is 10.7. The van der Waals surface area contributed by atoms with Gasteiger partial charge < -0.3 is 15.0 Å². The number of carbonyl (C=O) groups excluding carboxylic acids is 2. The van der Waals surface area contributed by atoms with E-state index in [1.165, 1.54) is 0 Å². The third-order valence-electron chi connectivity index (χ3n) is 5.53. The number of amides is 2. The van der Waals surface area contributed by atoms with E-state index in [1.54, 1.807) is 23.1 Å². The molecule has 160 valence electrons. The Bertz CT molecular complexity index is 954. The maximum absolute atomic E-state index is 12.7. The SMILES string of the molecule is Cc1ccc(C)c(OCC(=O)NC2CCN(C(=O)c3cc(Cl)ccc3Cl)CC2)c1C. The van der Waals surface area contributed by atoms with E-state index in [9.17, 15) is 9.59 Å². The van der Waals surface area contributed by atoms with Crippen LogP contribution in [0.4, 0.5) is 0 Å². The molecule has 0 aliphatic carbocycles. The second-order valence-corrected chi connectivity index (χ2v) is 8.54. The summed E-state index contributed by atoms with van der Waals surface area (Å²) in [5.74, 6) is 0.475. The summed E-state index contributed by atoms with van der Waals surface area (Å²) >= 11 is 12.1. The smallest absolute Gasteiger partial charge is 0.258 e. The summed E-state index contributed by atoms with van der Waals surface area (Å²) in [5.41, 5.74) is 3.60. The molecule has 2 amide bonds. The van der Waals surface area contributed by atoms with Gasteiger partial charge in [-0.05, 0) is 68.5 Å². The number of benzene rings is 2. The predicted molar refractivity (Wildman–Crippen MR) is 120 cm³/mol.